The van der Waals surface area contributed by atoms with Gasteiger partial charge in [0.15, 0.2) is 0 Å². The Bertz CT molecular complexity index is 672. The van der Waals surface area contributed by atoms with Crippen molar-refractivity contribution >= 4 is 29.9 Å². The fourth-order valence-electron chi connectivity index (χ4n) is 4.56. The molecule has 0 aliphatic heterocycles. The molecule has 0 saturated heterocycles. The summed E-state index contributed by atoms with van der Waals surface area (Å²) in [5, 5.41) is 6.07. The SMILES string of the molecule is CC(NC(=O)C1C2CCC(C2)C1N)c1ccc(NC(=O)C2CC2)cc1.Cl. The molecule has 5 unspecified atom stereocenters. The molecule has 4 N–H and O–H groups in total. The summed E-state index contributed by atoms with van der Waals surface area (Å²) in [6.07, 6.45) is 5.43. The standard InChI is InChI=1S/C20H27N3O2.ClH/c1-11(22-20(25)17-14-4-5-15(10-14)18(17)21)12-6-8-16(9-7-12)23-19(24)13-2-3-13;/h6-9,11,13-15,17-18H,2-5,10,21H2,1H3,(H,22,25)(H,23,24);1H. The quantitative estimate of drug-likeness (QED) is 0.737. The van der Waals surface area contributed by atoms with Gasteiger partial charge in [-0.1, -0.05) is 12.1 Å². The highest BCUT2D eigenvalue weighted by Gasteiger charge is 2.49. The van der Waals surface area contributed by atoms with E-state index in [9.17, 15) is 9.59 Å². The molecule has 3 aliphatic carbocycles. The highest BCUT2D eigenvalue weighted by atomic mass is 35.5. The molecule has 2 bridgehead atoms. The summed E-state index contributed by atoms with van der Waals surface area (Å²) in [6.45, 7) is 1.99. The van der Waals surface area contributed by atoms with Gasteiger partial charge in [0, 0.05) is 17.6 Å². The van der Waals surface area contributed by atoms with Crippen LogP contribution in [0.4, 0.5) is 5.69 Å². The molecule has 3 aliphatic rings. The summed E-state index contributed by atoms with van der Waals surface area (Å²) >= 11 is 0. The third kappa shape index (κ3) is 3.74. The normalized spacial score (nSPS) is 30.4. The van der Waals surface area contributed by atoms with Gasteiger partial charge in [-0.05, 0) is 68.6 Å². The van der Waals surface area contributed by atoms with Crippen molar-refractivity contribution in [2.24, 2.45) is 29.4 Å². The zero-order valence-corrected chi connectivity index (χ0v) is 15.9. The Morgan fingerprint density at radius 3 is 2.27 bits per heavy atom. The number of hydrogen-bond acceptors (Lipinski definition) is 3. The first-order chi connectivity index (χ1) is 12.0. The van der Waals surface area contributed by atoms with E-state index in [2.05, 4.69) is 10.6 Å². The zero-order valence-electron chi connectivity index (χ0n) is 15.1. The maximum Gasteiger partial charge on any atom is 0.227 e. The molecular weight excluding hydrogens is 350 g/mol. The number of carbonyl (C=O) groups is 2. The van der Waals surface area contributed by atoms with E-state index in [0.717, 1.165) is 36.9 Å². The van der Waals surface area contributed by atoms with Crippen molar-refractivity contribution in [3.05, 3.63) is 29.8 Å². The Hall–Kier alpha value is -1.59. The van der Waals surface area contributed by atoms with Crippen LogP contribution in [0.1, 0.15) is 50.6 Å². The van der Waals surface area contributed by atoms with Crippen LogP contribution < -0.4 is 16.4 Å². The first-order valence-electron chi connectivity index (χ1n) is 9.49. The second kappa shape index (κ2) is 7.57. The molecule has 3 fully saturated rings. The number of rotatable bonds is 5. The van der Waals surface area contributed by atoms with Crippen LogP contribution in [0.3, 0.4) is 0 Å². The molecule has 6 heteroatoms. The van der Waals surface area contributed by atoms with Crippen LogP contribution >= 0.6 is 12.4 Å². The molecule has 0 heterocycles. The fourth-order valence-corrected chi connectivity index (χ4v) is 4.56. The first kappa shape index (κ1) is 19.2. The number of nitrogens with two attached hydrogens (primary N) is 1. The van der Waals surface area contributed by atoms with Crippen molar-refractivity contribution in [1.82, 2.24) is 5.32 Å². The summed E-state index contributed by atoms with van der Waals surface area (Å²) in [6, 6.07) is 7.70. The Labute approximate surface area is 160 Å². The van der Waals surface area contributed by atoms with Gasteiger partial charge >= 0.3 is 0 Å². The van der Waals surface area contributed by atoms with Gasteiger partial charge in [0.1, 0.15) is 0 Å². The van der Waals surface area contributed by atoms with Crippen LogP contribution in [0.15, 0.2) is 24.3 Å². The van der Waals surface area contributed by atoms with Gasteiger partial charge in [0.25, 0.3) is 0 Å². The third-order valence-electron chi connectivity index (χ3n) is 6.27. The smallest absolute Gasteiger partial charge is 0.227 e. The number of hydrogen-bond donors (Lipinski definition) is 3. The molecule has 1 aromatic carbocycles. The lowest BCUT2D eigenvalue weighted by atomic mass is 9.84. The lowest BCUT2D eigenvalue weighted by Gasteiger charge is -2.28. The Morgan fingerprint density at radius 2 is 1.69 bits per heavy atom. The molecule has 0 spiro atoms. The Kier molecular flexibility index (Phi) is 5.58. The first-order valence-corrected chi connectivity index (χ1v) is 9.49. The van der Waals surface area contributed by atoms with Crippen LogP contribution in [0.25, 0.3) is 0 Å². The molecule has 1 aromatic rings. The topological polar surface area (TPSA) is 84.2 Å². The van der Waals surface area contributed by atoms with Crippen LogP contribution in [-0.4, -0.2) is 17.9 Å². The van der Waals surface area contributed by atoms with Gasteiger partial charge in [0.2, 0.25) is 11.8 Å². The maximum atomic E-state index is 12.7. The number of amides is 2. The average Bonchev–Trinajstić information content (AvgIpc) is 3.27. The minimum Gasteiger partial charge on any atom is -0.349 e. The van der Waals surface area contributed by atoms with Crippen LogP contribution in [0.2, 0.25) is 0 Å². The van der Waals surface area contributed by atoms with E-state index in [4.69, 9.17) is 5.73 Å². The molecule has 4 rings (SSSR count). The molecule has 5 atom stereocenters. The number of fused-ring (bicyclic) bond motifs is 2. The summed E-state index contributed by atoms with van der Waals surface area (Å²) in [5.74, 6) is 1.37. The molecule has 3 saturated carbocycles. The molecule has 2 amide bonds. The molecule has 0 radical (unpaired) electrons. The van der Waals surface area contributed by atoms with E-state index in [0.29, 0.717) is 11.8 Å². The number of nitrogens with one attached hydrogen (secondary N) is 2. The van der Waals surface area contributed by atoms with Gasteiger partial charge in [-0.2, -0.15) is 0 Å². The van der Waals surface area contributed by atoms with Crippen LogP contribution in [0, 0.1) is 23.7 Å². The molecule has 0 aromatic heterocycles. The monoisotopic (exact) mass is 377 g/mol. The van der Waals surface area contributed by atoms with E-state index in [1.165, 1.54) is 6.42 Å². The summed E-state index contributed by atoms with van der Waals surface area (Å²) < 4.78 is 0. The second-order valence-corrected chi connectivity index (χ2v) is 8.05. The highest BCUT2D eigenvalue weighted by Crippen LogP contribution is 2.47. The highest BCUT2D eigenvalue weighted by molar-refractivity contribution is 5.94. The van der Waals surface area contributed by atoms with Crippen molar-refractivity contribution < 1.29 is 9.59 Å². The van der Waals surface area contributed by atoms with Crippen LogP contribution in [0.5, 0.6) is 0 Å². The average molecular weight is 378 g/mol. The summed E-state index contributed by atoms with van der Waals surface area (Å²) in [4.78, 5) is 24.5. The van der Waals surface area contributed by atoms with Crippen molar-refractivity contribution in [1.29, 1.82) is 0 Å². The van der Waals surface area contributed by atoms with E-state index < -0.39 is 0 Å². The molecular formula is C20H28ClN3O2. The second-order valence-electron chi connectivity index (χ2n) is 8.05. The van der Waals surface area contributed by atoms with Crippen molar-refractivity contribution in [3.8, 4) is 0 Å². The minimum absolute atomic E-state index is 0. The van der Waals surface area contributed by atoms with E-state index in [1.807, 2.05) is 31.2 Å². The molecule has 5 nitrogen and oxygen atoms in total. The maximum absolute atomic E-state index is 12.7. The van der Waals surface area contributed by atoms with E-state index in [-0.39, 0.29) is 48.1 Å². The molecule has 142 valence electrons. The number of anilines is 1. The predicted molar refractivity (Wildman–Crippen MR) is 104 cm³/mol. The van der Waals surface area contributed by atoms with Crippen molar-refractivity contribution in [2.75, 3.05) is 5.32 Å². The lowest BCUT2D eigenvalue weighted by molar-refractivity contribution is -0.127. The van der Waals surface area contributed by atoms with E-state index >= 15 is 0 Å². The largest absolute Gasteiger partial charge is 0.349 e. The number of benzene rings is 1. The van der Waals surface area contributed by atoms with Crippen molar-refractivity contribution in [3.63, 3.8) is 0 Å². The minimum atomic E-state index is -0.0630. The zero-order chi connectivity index (χ0) is 17.6. The Morgan fingerprint density at radius 1 is 1.04 bits per heavy atom. The van der Waals surface area contributed by atoms with Gasteiger partial charge in [-0.3, -0.25) is 9.59 Å². The van der Waals surface area contributed by atoms with Crippen LogP contribution in [-0.2, 0) is 9.59 Å². The van der Waals surface area contributed by atoms with Crippen molar-refractivity contribution in [2.45, 2.75) is 51.1 Å². The lowest BCUT2D eigenvalue weighted by Crippen LogP contribution is -2.45. The fraction of sp³-hybridized carbons (Fsp3) is 0.600. The molecule has 26 heavy (non-hydrogen) atoms. The van der Waals surface area contributed by atoms with E-state index in [1.54, 1.807) is 0 Å². The van der Waals surface area contributed by atoms with Gasteiger partial charge < -0.3 is 16.4 Å². The Balaban J connectivity index is 0.00000196. The number of carbonyl (C=O) groups excluding carboxylic acids is 2. The number of halogens is 1. The van der Waals surface area contributed by atoms with Gasteiger partial charge in [-0.25, -0.2) is 0 Å². The predicted octanol–water partition coefficient (Wildman–Crippen LogP) is 3.01. The van der Waals surface area contributed by atoms with Gasteiger partial charge in [-0.15, -0.1) is 12.4 Å². The summed E-state index contributed by atoms with van der Waals surface area (Å²) in [5.41, 5.74) is 8.12. The van der Waals surface area contributed by atoms with Gasteiger partial charge in [0.05, 0.1) is 12.0 Å². The summed E-state index contributed by atoms with van der Waals surface area (Å²) in [7, 11) is 0. The third-order valence-corrected chi connectivity index (χ3v) is 6.27.